The summed E-state index contributed by atoms with van der Waals surface area (Å²) in [5.74, 6) is 0.684. The number of hydrogen-bond acceptors (Lipinski definition) is 3. The third kappa shape index (κ3) is 4.02. The summed E-state index contributed by atoms with van der Waals surface area (Å²) in [5.41, 5.74) is 11.3. The first-order chi connectivity index (χ1) is 12.2. The number of nitrogens with zero attached hydrogens (tertiary/aromatic N) is 4. The molecule has 0 N–H and O–H groups in total. The molecule has 6 heteroatoms. The summed E-state index contributed by atoms with van der Waals surface area (Å²) in [6, 6.07) is 15.4. The monoisotopic (exact) mass is 352 g/mol. The van der Waals surface area contributed by atoms with E-state index in [2.05, 4.69) is 15.0 Å². The van der Waals surface area contributed by atoms with Crippen molar-refractivity contribution >= 4 is 22.5 Å². The number of hydrogen-bond donors (Lipinski definition) is 0. The summed E-state index contributed by atoms with van der Waals surface area (Å²) in [6.07, 6.45) is 2.25. The third-order valence-corrected chi connectivity index (χ3v) is 4.18. The van der Waals surface area contributed by atoms with E-state index >= 15 is 0 Å². The van der Waals surface area contributed by atoms with Gasteiger partial charge in [-0.15, -0.1) is 0 Å². The highest BCUT2D eigenvalue weighted by molar-refractivity contribution is 6.35. The molecule has 126 valence electrons. The minimum Gasteiger partial charge on any atom is -0.486 e. The van der Waals surface area contributed by atoms with Crippen molar-refractivity contribution in [1.82, 2.24) is 4.98 Å². The Kier molecular flexibility index (Phi) is 5.39. The Morgan fingerprint density at radius 3 is 2.80 bits per heavy atom. The van der Waals surface area contributed by atoms with Gasteiger partial charge in [-0.05, 0) is 41.3 Å². The number of benzene rings is 2. The lowest BCUT2D eigenvalue weighted by Crippen LogP contribution is -2.06. The summed E-state index contributed by atoms with van der Waals surface area (Å²) in [5, 5.41) is 5.20. The molecule has 0 spiro atoms. The van der Waals surface area contributed by atoms with Crippen LogP contribution in [-0.2, 0) is 13.0 Å². The first-order valence-electron chi connectivity index (χ1n) is 7.96. The molecule has 1 unspecified atom stereocenters. The van der Waals surface area contributed by atoms with Crippen molar-refractivity contribution in [3.8, 4) is 5.75 Å². The van der Waals surface area contributed by atoms with Gasteiger partial charge < -0.3 is 4.74 Å². The predicted octanol–water partition coefficient (Wildman–Crippen LogP) is 5.71. The van der Waals surface area contributed by atoms with Gasteiger partial charge in [0, 0.05) is 22.5 Å². The quantitative estimate of drug-likeness (QED) is 0.324. The molecule has 0 fully saturated rings. The molecule has 2 aromatic carbocycles. The number of ether oxygens (including phenoxy) is 1. The fraction of sp³-hybridized carbons (Fsp3) is 0.211. The van der Waals surface area contributed by atoms with Crippen molar-refractivity contribution in [2.75, 3.05) is 0 Å². The Morgan fingerprint density at radius 1 is 1.24 bits per heavy atom. The third-order valence-electron chi connectivity index (χ3n) is 3.86. The predicted molar refractivity (Wildman–Crippen MR) is 99.8 cm³/mol. The van der Waals surface area contributed by atoms with Gasteiger partial charge in [0.05, 0.1) is 5.02 Å². The molecule has 1 heterocycles. The SMILES string of the molecule is CC(Cc1cc(Cl)c2cccnc2c1OCc1ccccc1)N=[N+]=[N-]. The second-order valence-corrected chi connectivity index (χ2v) is 6.19. The smallest absolute Gasteiger partial charge is 0.149 e. The summed E-state index contributed by atoms with van der Waals surface area (Å²) in [7, 11) is 0. The van der Waals surface area contributed by atoms with E-state index < -0.39 is 0 Å². The Bertz CT molecular complexity index is 923. The second kappa shape index (κ2) is 7.88. The highest BCUT2D eigenvalue weighted by Crippen LogP contribution is 2.35. The molecule has 0 saturated heterocycles. The van der Waals surface area contributed by atoms with E-state index in [1.54, 1.807) is 6.20 Å². The lowest BCUT2D eigenvalue weighted by atomic mass is 10.0. The van der Waals surface area contributed by atoms with Crippen LogP contribution in [-0.4, -0.2) is 11.0 Å². The minimum atomic E-state index is -0.207. The van der Waals surface area contributed by atoms with Gasteiger partial charge >= 0.3 is 0 Å². The molecule has 0 radical (unpaired) electrons. The van der Waals surface area contributed by atoms with Crippen molar-refractivity contribution in [2.24, 2.45) is 5.11 Å². The fourth-order valence-electron chi connectivity index (χ4n) is 2.72. The normalized spacial score (nSPS) is 11.8. The Labute approximate surface area is 150 Å². The summed E-state index contributed by atoms with van der Waals surface area (Å²) < 4.78 is 6.11. The Morgan fingerprint density at radius 2 is 2.04 bits per heavy atom. The molecule has 0 amide bonds. The second-order valence-electron chi connectivity index (χ2n) is 5.78. The maximum atomic E-state index is 8.65. The average molecular weight is 353 g/mol. The number of halogens is 1. The van der Waals surface area contributed by atoms with E-state index in [4.69, 9.17) is 21.9 Å². The van der Waals surface area contributed by atoms with Crippen LogP contribution in [0.25, 0.3) is 21.3 Å². The van der Waals surface area contributed by atoms with Crippen LogP contribution >= 0.6 is 11.6 Å². The molecule has 1 atom stereocenters. The molecule has 0 aliphatic heterocycles. The van der Waals surface area contributed by atoms with Crippen molar-refractivity contribution < 1.29 is 4.74 Å². The van der Waals surface area contributed by atoms with Crippen LogP contribution in [0.2, 0.25) is 5.02 Å². The number of fused-ring (bicyclic) bond motifs is 1. The van der Waals surface area contributed by atoms with Crippen molar-refractivity contribution in [2.45, 2.75) is 26.0 Å². The molecule has 0 aliphatic carbocycles. The molecule has 3 aromatic rings. The molecule has 0 bridgehead atoms. The van der Waals surface area contributed by atoms with E-state index in [9.17, 15) is 0 Å². The summed E-state index contributed by atoms with van der Waals surface area (Å²) >= 11 is 6.41. The zero-order valence-electron chi connectivity index (χ0n) is 13.8. The molecule has 0 aliphatic rings. The van der Waals surface area contributed by atoms with Gasteiger partial charge in [-0.3, -0.25) is 4.98 Å². The van der Waals surface area contributed by atoms with Crippen LogP contribution < -0.4 is 4.74 Å². The Balaban J connectivity index is 2.02. The van der Waals surface area contributed by atoms with Gasteiger partial charge in [-0.2, -0.15) is 0 Å². The van der Waals surface area contributed by atoms with Crippen molar-refractivity contribution in [3.05, 3.63) is 81.3 Å². The van der Waals surface area contributed by atoms with Gasteiger partial charge in [-0.25, -0.2) is 0 Å². The number of pyridine rings is 1. The van der Waals surface area contributed by atoms with Crippen LogP contribution in [0.5, 0.6) is 5.75 Å². The molecule has 5 nitrogen and oxygen atoms in total. The minimum absolute atomic E-state index is 0.207. The maximum Gasteiger partial charge on any atom is 0.149 e. The van der Waals surface area contributed by atoms with E-state index in [0.29, 0.717) is 29.3 Å². The van der Waals surface area contributed by atoms with Crippen LogP contribution in [0.3, 0.4) is 0 Å². The summed E-state index contributed by atoms with van der Waals surface area (Å²) in [6.45, 7) is 2.29. The zero-order valence-corrected chi connectivity index (χ0v) is 14.5. The van der Waals surface area contributed by atoms with Gasteiger partial charge in [0.15, 0.2) is 0 Å². The lowest BCUT2D eigenvalue weighted by Gasteiger charge is -2.16. The lowest BCUT2D eigenvalue weighted by molar-refractivity contribution is 0.305. The first kappa shape index (κ1) is 17.1. The van der Waals surface area contributed by atoms with E-state index in [0.717, 1.165) is 16.5 Å². The van der Waals surface area contributed by atoms with Gasteiger partial charge in [-0.1, -0.05) is 54.0 Å². The van der Waals surface area contributed by atoms with Crippen LogP contribution in [0.15, 0.2) is 59.8 Å². The molecule has 1 aromatic heterocycles. The van der Waals surface area contributed by atoms with Crippen molar-refractivity contribution in [1.29, 1.82) is 0 Å². The van der Waals surface area contributed by atoms with Crippen molar-refractivity contribution in [3.63, 3.8) is 0 Å². The number of aromatic nitrogens is 1. The molecular formula is C19H17ClN4O. The van der Waals surface area contributed by atoms with Gasteiger partial charge in [0.1, 0.15) is 17.9 Å². The first-order valence-corrected chi connectivity index (χ1v) is 8.34. The number of azide groups is 1. The average Bonchev–Trinajstić information content (AvgIpc) is 2.62. The molecular weight excluding hydrogens is 336 g/mol. The Hall–Kier alpha value is -2.75. The topological polar surface area (TPSA) is 70.9 Å². The summed E-state index contributed by atoms with van der Waals surface area (Å²) in [4.78, 5) is 7.33. The number of rotatable bonds is 6. The standard InChI is InChI=1S/C19H17ClN4O/c1-13(23-24-21)10-15-11-17(20)16-8-5-9-22-18(16)19(15)25-12-14-6-3-2-4-7-14/h2-9,11,13H,10,12H2,1H3. The van der Waals surface area contributed by atoms with Crippen LogP contribution in [0.4, 0.5) is 0 Å². The fourth-order valence-corrected chi connectivity index (χ4v) is 3.00. The highest BCUT2D eigenvalue weighted by Gasteiger charge is 2.16. The van der Waals surface area contributed by atoms with Crippen LogP contribution in [0.1, 0.15) is 18.1 Å². The maximum absolute atomic E-state index is 8.65. The van der Waals surface area contributed by atoms with Crippen LogP contribution in [0, 0.1) is 0 Å². The molecule has 0 saturated carbocycles. The zero-order chi connectivity index (χ0) is 17.6. The van der Waals surface area contributed by atoms with Gasteiger partial charge in [0.2, 0.25) is 0 Å². The van der Waals surface area contributed by atoms with E-state index in [1.165, 1.54) is 0 Å². The van der Waals surface area contributed by atoms with Gasteiger partial charge in [0.25, 0.3) is 0 Å². The largest absolute Gasteiger partial charge is 0.486 e. The molecule has 25 heavy (non-hydrogen) atoms. The molecule has 3 rings (SSSR count). The highest BCUT2D eigenvalue weighted by atomic mass is 35.5. The van der Waals surface area contributed by atoms with E-state index in [-0.39, 0.29) is 6.04 Å². The van der Waals surface area contributed by atoms with E-state index in [1.807, 2.05) is 55.5 Å².